The van der Waals surface area contributed by atoms with Gasteiger partial charge in [-0.1, -0.05) is 39.0 Å². The van der Waals surface area contributed by atoms with Crippen LogP contribution in [0.15, 0.2) is 24.3 Å². The number of hydrogen-bond acceptors (Lipinski definition) is 2. The van der Waals surface area contributed by atoms with Crippen molar-refractivity contribution in [1.82, 2.24) is 0 Å². The second-order valence-corrected chi connectivity index (χ2v) is 7.03. The summed E-state index contributed by atoms with van der Waals surface area (Å²) in [7, 11) is 0. The Morgan fingerprint density at radius 1 is 1.26 bits per heavy atom. The zero-order chi connectivity index (χ0) is 13.7. The molecule has 2 nitrogen and oxygen atoms in total. The number of rotatable bonds is 3. The minimum Gasteiger partial charge on any atom is -0.489 e. The molecule has 0 radical (unpaired) electrons. The first kappa shape index (κ1) is 13.0. The molecule has 2 aliphatic carbocycles. The van der Waals surface area contributed by atoms with Gasteiger partial charge < -0.3 is 10.5 Å². The predicted octanol–water partition coefficient (Wildman–Crippen LogP) is 3.74. The zero-order valence-electron chi connectivity index (χ0n) is 12.3. The third kappa shape index (κ3) is 1.73. The molecule has 104 valence electrons. The van der Waals surface area contributed by atoms with Crippen LogP contribution in [0.1, 0.15) is 45.6 Å². The highest BCUT2D eigenvalue weighted by molar-refractivity contribution is 5.34. The van der Waals surface area contributed by atoms with Crippen molar-refractivity contribution < 1.29 is 4.74 Å². The number of nitrogens with two attached hydrogens (primary N) is 1. The van der Waals surface area contributed by atoms with Gasteiger partial charge in [-0.2, -0.15) is 0 Å². The van der Waals surface area contributed by atoms with E-state index in [1.165, 1.54) is 19.3 Å². The summed E-state index contributed by atoms with van der Waals surface area (Å²) in [5.41, 5.74) is 7.63. The van der Waals surface area contributed by atoms with Crippen LogP contribution in [0, 0.1) is 16.7 Å². The molecule has 2 aliphatic rings. The molecule has 0 aliphatic heterocycles. The van der Waals surface area contributed by atoms with Crippen LogP contribution in [-0.4, -0.2) is 6.10 Å². The average molecular weight is 259 g/mol. The summed E-state index contributed by atoms with van der Waals surface area (Å²) in [6.45, 7) is 7.80. The van der Waals surface area contributed by atoms with Crippen molar-refractivity contribution in [1.29, 1.82) is 0 Å². The summed E-state index contributed by atoms with van der Waals surface area (Å²) in [6.07, 6.45) is 4.19. The van der Waals surface area contributed by atoms with Crippen LogP contribution in [0.2, 0.25) is 0 Å². The van der Waals surface area contributed by atoms with Crippen molar-refractivity contribution in [2.24, 2.45) is 22.5 Å². The molecule has 3 rings (SSSR count). The summed E-state index contributed by atoms with van der Waals surface area (Å²) in [5, 5.41) is 0. The highest BCUT2D eigenvalue weighted by Gasteiger charge is 2.62. The third-order valence-corrected chi connectivity index (χ3v) is 6.18. The van der Waals surface area contributed by atoms with E-state index in [1.807, 2.05) is 12.1 Å². The molecule has 0 aromatic heterocycles. The minimum absolute atomic E-state index is 0.305. The third-order valence-electron chi connectivity index (χ3n) is 6.18. The quantitative estimate of drug-likeness (QED) is 0.897. The average Bonchev–Trinajstić information content (AvgIpc) is 2.72. The molecule has 3 atom stereocenters. The van der Waals surface area contributed by atoms with Crippen molar-refractivity contribution in [2.45, 2.75) is 52.7 Å². The Kier molecular flexibility index (Phi) is 2.90. The van der Waals surface area contributed by atoms with E-state index < -0.39 is 0 Å². The van der Waals surface area contributed by atoms with Gasteiger partial charge in [0.25, 0.3) is 0 Å². The Labute approximate surface area is 116 Å². The smallest absolute Gasteiger partial charge is 0.124 e. The Morgan fingerprint density at radius 3 is 2.58 bits per heavy atom. The SMILES string of the molecule is CC1(C)C2CCC1(C)C(Oc1ccccc1CN)C2. The lowest BCUT2D eigenvalue weighted by molar-refractivity contribution is 0.0296. The monoisotopic (exact) mass is 259 g/mol. The van der Waals surface area contributed by atoms with Gasteiger partial charge in [-0.3, -0.25) is 0 Å². The topological polar surface area (TPSA) is 35.2 Å². The number of ether oxygens (including phenoxy) is 1. The van der Waals surface area contributed by atoms with E-state index in [4.69, 9.17) is 10.5 Å². The van der Waals surface area contributed by atoms with Gasteiger partial charge >= 0.3 is 0 Å². The molecule has 0 spiro atoms. The number of para-hydroxylation sites is 1. The molecular weight excluding hydrogens is 234 g/mol. The van der Waals surface area contributed by atoms with Gasteiger partial charge in [0, 0.05) is 17.5 Å². The molecule has 2 fully saturated rings. The summed E-state index contributed by atoms with van der Waals surface area (Å²) in [5.74, 6) is 1.80. The van der Waals surface area contributed by atoms with E-state index >= 15 is 0 Å². The molecule has 2 N–H and O–H groups in total. The molecule has 1 aromatic rings. The normalized spacial score (nSPS) is 35.6. The highest BCUT2D eigenvalue weighted by Crippen LogP contribution is 2.66. The Morgan fingerprint density at radius 2 is 2.00 bits per heavy atom. The maximum absolute atomic E-state index is 6.39. The lowest BCUT2D eigenvalue weighted by atomic mass is 9.70. The van der Waals surface area contributed by atoms with Gasteiger partial charge in [0.15, 0.2) is 0 Å². The fourth-order valence-electron chi connectivity index (χ4n) is 4.25. The lowest BCUT2D eigenvalue weighted by Gasteiger charge is -2.39. The zero-order valence-corrected chi connectivity index (χ0v) is 12.3. The van der Waals surface area contributed by atoms with Crippen molar-refractivity contribution in [3.63, 3.8) is 0 Å². The summed E-state index contributed by atoms with van der Waals surface area (Å²) >= 11 is 0. The molecule has 19 heavy (non-hydrogen) atoms. The van der Waals surface area contributed by atoms with Crippen LogP contribution in [0.4, 0.5) is 0 Å². The first-order valence-electron chi connectivity index (χ1n) is 7.43. The molecule has 2 bridgehead atoms. The first-order valence-corrected chi connectivity index (χ1v) is 7.43. The van der Waals surface area contributed by atoms with Crippen LogP contribution in [-0.2, 0) is 6.54 Å². The van der Waals surface area contributed by atoms with Gasteiger partial charge in [0.1, 0.15) is 11.9 Å². The Hall–Kier alpha value is -1.02. The van der Waals surface area contributed by atoms with Crippen LogP contribution >= 0.6 is 0 Å². The standard InChI is InChI=1S/C17H25NO/c1-16(2)13-8-9-17(16,3)15(10-13)19-14-7-5-4-6-12(14)11-18/h4-7,13,15H,8-11,18H2,1-3H3. The van der Waals surface area contributed by atoms with Crippen molar-refractivity contribution in [3.8, 4) is 5.75 Å². The molecule has 0 heterocycles. The van der Waals surface area contributed by atoms with Gasteiger partial charge in [0.05, 0.1) is 0 Å². The Balaban J connectivity index is 1.86. The van der Waals surface area contributed by atoms with E-state index in [0.29, 0.717) is 23.5 Å². The van der Waals surface area contributed by atoms with Crippen LogP contribution in [0.25, 0.3) is 0 Å². The molecule has 0 saturated heterocycles. The van der Waals surface area contributed by atoms with E-state index in [-0.39, 0.29) is 0 Å². The maximum Gasteiger partial charge on any atom is 0.124 e. The summed E-state index contributed by atoms with van der Waals surface area (Å²) in [4.78, 5) is 0. The highest BCUT2D eigenvalue weighted by atomic mass is 16.5. The van der Waals surface area contributed by atoms with Crippen molar-refractivity contribution >= 4 is 0 Å². The van der Waals surface area contributed by atoms with Crippen LogP contribution in [0.5, 0.6) is 5.75 Å². The largest absolute Gasteiger partial charge is 0.489 e. The van der Waals surface area contributed by atoms with Gasteiger partial charge in [-0.15, -0.1) is 0 Å². The fourth-order valence-corrected chi connectivity index (χ4v) is 4.25. The van der Waals surface area contributed by atoms with Crippen molar-refractivity contribution in [2.75, 3.05) is 0 Å². The molecule has 1 aromatic carbocycles. The first-order chi connectivity index (χ1) is 8.99. The van der Waals surface area contributed by atoms with Gasteiger partial charge in [-0.05, 0) is 36.7 Å². The molecule has 0 amide bonds. The second-order valence-electron chi connectivity index (χ2n) is 7.03. The van der Waals surface area contributed by atoms with Crippen LogP contribution in [0.3, 0.4) is 0 Å². The number of fused-ring (bicyclic) bond motifs is 2. The van der Waals surface area contributed by atoms with E-state index in [9.17, 15) is 0 Å². The molecular formula is C17H25NO. The van der Waals surface area contributed by atoms with Gasteiger partial charge in [-0.25, -0.2) is 0 Å². The molecule has 3 unspecified atom stereocenters. The number of hydrogen-bond donors (Lipinski definition) is 1. The minimum atomic E-state index is 0.305. The predicted molar refractivity (Wildman–Crippen MR) is 78.0 cm³/mol. The van der Waals surface area contributed by atoms with E-state index in [2.05, 4.69) is 32.9 Å². The van der Waals surface area contributed by atoms with Gasteiger partial charge in [0.2, 0.25) is 0 Å². The second kappa shape index (κ2) is 4.24. The Bertz CT molecular complexity index is 482. The molecule has 2 saturated carbocycles. The number of benzene rings is 1. The van der Waals surface area contributed by atoms with E-state index in [1.54, 1.807) is 0 Å². The molecule has 2 heteroatoms. The lowest BCUT2D eigenvalue weighted by Crippen LogP contribution is -2.39. The van der Waals surface area contributed by atoms with E-state index in [0.717, 1.165) is 17.2 Å². The summed E-state index contributed by atoms with van der Waals surface area (Å²) < 4.78 is 6.39. The van der Waals surface area contributed by atoms with Crippen LogP contribution < -0.4 is 10.5 Å². The fraction of sp³-hybridized carbons (Fsp3) is 0.647. The van der Waals surface area contributed by atoms with Crippen molar-refractivity contribution in [3.05, 3.63) is 29.8 Å². The maximum atomic E-state index is 6.39. The summed E-state index contributed by atoms with van der Waals surface area (Å²) in [6, 6.07) is 8.19.